The summed E-state index contributed by atoms with van der Waals surface area (Å²) in [4.78, 5) is 113. The molecule has 1 fully saturated rings. The highest BCUT2D eigenvalue weighted by molar-refractivity contribution is 5.98. The Bertz CT molecular complexity index is 2370. The van der Waals surface area contributed by atoms with Crippen molar-refractivity contribution in [1.29, 1.82) is 10.5 Å². The summed E-state index contributed by atoms with van der Waals surface area (Å²) in [5.41, 5.74) is -0.707. The van der Waals surface area contributed by atoms with Gasteiger partial charge in [-0.1, -0.05) is 59.7 Å². The fourth-order valence-electron chi connectivity index (χ4n) is 8.87. The van der Waals surface area contributed by atoms with Gasteiger partial charge in [-0.05, 0) is 110 Å². The number of rotatable bonds is 25. The van der Waals surface area contributed by atoms with Crippen LogP contribution in [0, 0.1) is 40.4 Å². The second kappa shape index (κ2) is 27.6. The van der Waals surface area contributed by atoms with Crippen LogP contribution in [0.4, 0.5) is 4.79 Å². The number of fused-ring (bicyclic) bond motifs is 1. The second-order valence-corrected chi connectivity index (χ2v) is 22.3. The molecule has 21 heteroatoms. The van der Waals surface area contributed by atoms with Gasteiger partial charge in [0.25, 0.3) is 0 Å². The summed E-state index contributed by atoms with van der Waals surface area (Å²) < 4.78 is 13.2. The SMILES string of the molecule is CC(C)C[C@H](NC(=O)[C@H](CC(C)C)NC(=O)[C@H](CC(C)C)N(CC#N)CC#N)C(=O)N[C@H](C(=O)N1CCC[C@H]1C(=O)N[C@@H](Cc1cn(C(=O)OC(C)(C)C)c2ccccc12)C(=O)NCC(=O)O)[C@@H](C)OC(C)(C)C. The van der Waals surface area contributed by atoms with Gasteiger partial charge in [-0.25, -0.2) is 4.79 Å². The van der Waals surface area contributed by atoms with E-state index >= 15 is 0 Å². The number of aliphatic carboxylic acids is 1. The molecule has 0 bridgehead atoms. The fourth-order valence-corrected chi connectivity index (χ4v) is 8.87. The van der Waals surface area contributed by atoms with E-state index in [9.17, 15) is 54.0 Å². The number of carbonyl (C=O) groups excluding carboxylic acids is 7. The molecule has 0 spiro atoms. The minimum absolute atomic E-state index is 0.000188. The van der Waals surface area contributed by atoms with Gasteiger partial charge < -0.3 is 46.1 Å². The van der Waals surface area contributed by atoms with Crippen molar-refractivity contribution in [2.75, 3.05) is 26.2 Å². The van der Waals surface area contributed by atoms with Crippen LogP contribution >= 0.6 is 0 Å². The number of amides is 6. The lowest BCUT2D eigenvalue weighted by atomic mass is 9.98. The number of para-hydroxylation sites is 1. The van der Waals surface area contributed by atoms with Gasteiger partial charge in [-0.3, -0.25) is 43.0 Å². The monoisotopic (exact) mass is 1030 g/mol. The van der Waals surface area contributed by atoms with E-state index < -0.39 is 108 Å². The summed E-state index contributed by atoms with van der Waals surface area (Å²) >= 11 is 0. The van der Waals surface area contributed by atoms with Gasteiger partial charge in [0, 0.05) is 24.5 Å². The molecule has 1 saturated heterocycles. The number of carboxylic acid groups (broad SMARTS) is 1. The molecular formula is C53H80N10O11. The van der Waals surface area contributed by atoms with Crippen LogP contribution in [0.25, 0.3) is 10.9 Å². The molecule has 74 heavy (non-hydrogen) atoms. The fraction of sp³-hybridized carbons (Fsp3) is 0.660. The number of nitriles is 2. The maximum Gasteiger partial charge on any atom is 0.419 e. The molecular weight excluding hydrogens is 953 g/mol. The van der Waals surface area contributed by atoms with Crippen LogP contribution in [0.3, 0.4) is 0 Å². The highest BCUT2D eigenvalue weighted by atomic mass is 16.6. The summed E-state index contributed by atoms with van der Waals surface area (Å²) in [6.07, 6.45) is 0.809. The van der Waals surface area contributed by atoms with Crippen molar-refractivity contribution in [2.24, 2.45) is 17.8 Å². The lowest BCUT2D eigenvalue weighted by Crippen LogP contribution is -2.62. The topological polar surface area (TPSA) is 294 Å². The van der Waals surface area contributed by atoms with Crippen LogP contribution in [-0.2, 0) is 49.5 Å². The number of aromatic nitrogens is 1. The Morgan fingerprint density at radius 3 is 1.82 bits per heavy atom. The summed E-state index contributed by atoms with van der Waals surface area (Å²) in [6.45, 7) is 22.3. The van der Waals surface area contributed by atoms with E-state index in [4.69, 9.17) is 9.47 Å². The molecule has 2 aromatic rings. The van der Waals surface area contributed by atoms with Crippen molar-refractivity contribution in [3.63, 3.8) is 0 Å². The van der Waals surface area contributed by atoms with Gasteiger partial charge in [0.15, 0.2) is 0 Å². The summed E-state index contributed by atoms with van der Waals surface area (Å²) in [5, 5.41) is 42.6. The van der Waals surface area contributed by atoms with Gasteiger partial charge in [0.1, 0.15) is 42.4 Å². The number of nitrogens with zero attached hydrogens (tertiary/aromatic N) is 5. The van der Waals surface area contributed by atoms with Crippen molar-refractivity contribution >= 4 is 58.4 Å². The largest absolute Gasteiger partial charge is 0.480 e. The van der Waals surface area contributed by atoms with Crippen LogP contribution < -0.4 is 26.6 Å². The molecule has 1 aromatic heterocycles. The molecule has 408 valence electrons. The van der Waals surface area contributed by atoms with Crippen molar-refractivity contribution in [1.82, 2.24) is 41.0 Å². The zero-order valence-electron chi connectivity index (χ0n) is 45.5. The number of hydrogen-bond donors (Lipinski definition) is 6. The third kappa shape index (κ3) is 19.0. The van der Waals surface area contributed by atoms with Gasteiger partial charge in [-0.2, -0.15) is 10.5 Å². The Morgan fingerprint density at radius 2 is 1.30 bits per heavy atom. The van der Waals surface area contributed by atoms with Crippen molar-refractivity contribution in [2.45, 2.75) is 182 Å². The first-order valence-corrected chi connectivity index (χ1v) is 25.5. The summed E-state index contributed by atoms with van der Waals surface area (Å²) in [6, 6.07) is 3.77. The average molecular weight is 1030 g/mol. The first-order valence-electron chi connectivity index (χ1n) is 25.5. The van der Waals surface area contributed by atoms with E-state index in [1.165, 1.54) is 20.6 Å². The van der Waals surface area contributed by atoms with Crippen molar-refractivity contribution in [3.05, 3.63) is 36.0 Å². The molecule has 0 aliphatic carbocycles. The first kappa shape index (κ1) is 61.7. The minimum atomic E-state index is -1.40. The number of nitrogens with one attached hydrogen (secondary N) is 5. The van der Waals surface area contributed by atoms with Gasteiger partial charge in [-0.15, -0.1) is 0 Å². The van der Waals surface area contributed by atoms with Gasteiger partial charge in [0.05, 0.1) is 48.5 Å². The molecule has 0 radical (unpaired) electrons. The van der Waals surface area contributed by atoms with Crippen LogP contribution in [0.5, 0.6) is 0 Å². The molecule has 2 heterocycles. The van der Waals surface area contributed by atoms with Crippen molar-refractivity contribution < 1.29 is 52.9 Å². The third-order valence-corrected chi connectivity index (χ3v) is 11.9. The van der Waals surface area contributed by atoms with Crippen LogP contribution in [-0.4, -0.2) is 147 Å². The second-order valence-electron chi connectivity index (χ2n) is 22.3. The Morgan fingerprint density at radius 1 is 0.743 bits per heavy atom. The normalized spacial score (nSPS) is 16.4. The molecule has 0 saturated carbocycles. The molecule has 1 aliphatic heterocycles. The number of carboxylic acids is 1. The number of carbonyl (C=O) groups is 8. The lowest BCUT2D eigenvalue weighted by molar-refractivity contribution is -0.149. The molecule has 0 unspecified atom stereocenters. The zero-order chi connectivity index (χ0) is 55.8. The zero-order valence-corrected chi connectivity index (χ0v) is 45.5. The molecule has 6 N–H and O–H groups in total. The highest BCUT2D eigenvalue weighted by Gasteiger charge is 2.43. The molecule has 1 aromatic carbocycles. The minimum Gasteiger partial charge on any atom is -0.480 e. The van der Waals surface area contributed by atoms with E-state index in [0.29, 0.717) is 29.3 Å². The predicted molar refractivity (Wildman–Crippen MR) is 276 cm³/mol. The smallest absolute Gasteiger partial charge is 0.419 e. The standard InChI is InChI=1S/C53H80N10O11/c1-31(2)25-37(58-49(70)42(27-33(5)6)61(23-20-54)24-21-55)46(67)57-38(26-32(3)4)47(68)60-44(34(7)73-52(8,9)10)50(71)62-22-16-19-41(62)48(69)59-39(45(66)56-29-43(64)65)28-35-30-63(51(72)74-53(11,12)13)40-18-15-14-17-36(35)40/h14-15,17-18,30-34,37-39,41-42,44H,16,19,22-29H2,1-13H3,(H,56,66)(H,57,67)(H,58,70)(H,59,69)(H,60,68)(H,64,65)/t34-,37+,38+,39+,41+,42+,44+/m1/s1. The molecule has 21 nitrogen and oxygen atoms in total. The number of likely N-dealkylation sites (tertiary alicyclic amines) is 1. The number of benzene rings is 1. The van der Waals surface area contributed by atoms with Crippen LogP contribution in [0.15, 0.2) is 30.5 Å². The van der Waals surface area contributed by atoms with Crippen molar-refractivity contribution in [3.8, 4) is 12.1 Å². The number of ether oxygens (including phenoxy) is 2. The summed E-state index contributed by atoms with van der Waals surface area (Å²) in [5.74, 6) is -5.71. The van der Waals surface area contributed by atoms with Crippen LogP contribution in [0.2, 0.25) is 0 Å². The first-order chi connectivity index (χ1) is 34.5. The Balaban J connectivity index is 1.99. The molecule has 1 aliphatic rings. The Hall–Kier alpha value is -6.58. The quantitative estimate of drug-likeness (QED) is 0.0762. The van der Waals surface area contributed by atoms with Gasteiger partial charge >= 0.3 is 12.1 Å². The Kier molecular flexibility index (Phi) is 23.0. The maximum atomic E-state index is 14.9. The predicted octanol–water partition coefficient (Wildman–Crippen LogP) is 4.16. The van der Waals surface area contributed by atoms with E-state index in [1.807, 2.05) is 53.7 Å². The maximum absolute atomic E-state index is 14.9. The average Bonchev–Trinajstić information content (AvgIpc) is 3.92. The third-order valence-electron chi connectivity index (χ3n) is 11.9. The van der Waals surface area contributed by atoms with Gasteiger partial charge in [0.2, 0.25) is 35.4 Å². The molecule has 7 atom stereocenters. The molecule has 6 amide bonds. The van der Waals surface area contributed by atoms with E-state index in [2.05, 4.69) is 26.6 Å². The summed E-state index contributed by atoms with van der Waals surface area (Å²) in [7, 11) is 0. The van der Waals surface area contributed by atoms with E-state index in [-0.39, 0.29) is 63.1 Å². The molecule has 3 rings (SSSR count). The number of hydrogen-bond acceptors (Lipinski definition) is 13. The van der Waals surface area contributed by atoms with Crippen LogP contribution in [0.1, 0.15) is 128 Å². The Labute approximate surface area is 435 Å². The lowest BCUT2D eigenvalue weighted by Gasteiger charge is -2.35. The van der Waals surface area contributed by atoms with E-state index in [0.717, 1.165) is 0 Å². The highest BCUT2D eigenvalue weighted by Crippen LogP contribution is 2.26. The van der Waals surface area contributed by atoms with E-state index in [1.54, 1.807) is 72.7 Å².